The molecule has 0 N–H and O–H groups in total. The number of carbonyl (C=O) groups is 1. The Morgan fingerprint density at radius 2 is 2.04 bits per heavy atom. The standard InChI is InChI=1S/C16H14F3N3O2/c17-16(18,19)13-4-2-1-3-12(13)15(23)22-8-6-11(9-22)24-14-5-7-20-10-21-14/h1-5,7,10-11H,6,8-9H2. The van der Waals surface area contributed by atoms with E-state index in [2.05, 4.69) is 9.97 Å². The van der Waals surface area contributed by atoms with Crippen LogP contribution in [-0.2, 0) is 6.18 Å². The highest BCUT2D eigenvalue weighted by Crippen LogP contribution is 2.33. The Morgan fingerprint density at radius 3 is 2.75 bits per heavy atom. The number of ether oxygens (including phenoxy) is 1. The van der Waals surface area contributed by atoms with Crippen molar-refractivity contribution in [3.63, 3.8) is 0 Å². The highest BCUT2D eigenvalue weighted by Gasteiger charge is 2.37. The molecule has 2 aromatic rings. The van der Waals surface area contributed by atoms with Crippen LogP contribution in [0.2, 0.25) is 0 Å². The molecular weight excluding hydrogens is 323 g/mol. The molecule has 8 heteroatoms. The second-order valence-electron chi connectivity index (χ2n) is 5.37. The molecule has 0 saturated carbocycles. The van der Waals surface area contributed by atoms with E-state index in [1.807, 2.05) is 0 Å². The predicted molar refractivity (Wildman–Crippen MR) is 78.4 cm³/mol. The molecule has 0 aliphatic carbocycles. The van der Waals surface area contributed by atoms with Crippen molar-refractivity contribution in [2.24, 2.45) is 0 Å². The number of amides is 1. The minimum Gasteiger partial charge on any atom is -0.472 e. The van der Waals surface area contributed by atoms with Crippen molar-refractivity contribution in [1.82, 2.24) is 14.9 Å². The highest BCUT2D eigenvalue weighted by molar-refractivity contribution is 5.96. The summed E-state index contributed by atoms with van der Waals surface area (Å²) >= 11 is 0. The van der Waals surface area contributed by atoms with Crippen LogP contribution in [0.25, 0.3) is 0 Å². The molecule has 2 heterocycles. The van der Waals surface area contributed by atoms with Crippen LogP contribution in [0.15, 0.2) is 42.9 Å². The Hall–Kier alpha value is -2.64. The van der Waals surface area contributed by atoms with E-state index in [-0.39, 0.29) is 18.2 Å². The molecule has 126 valence electrons. The lowest BCUT2D eigenvalue weighted by Gasteiger charge is -2.19. The van der Waals surface area contributed by atoms with Crippen LogP contribution < -0.4 is 4.74 Å². The largest absolute Gasteiger partial charge is 0.472 e. The molecule has 0 bridgehead atoms. The number of alkyl halides is 3. The number of rotatable bonds is 3. The van der Waals surface area contributed by atoms with Gasteiger partial charge in [0.1, 0.15) is 12.4 Å². The Bertz CT molecular complexity index is 722. The molecule has 3 rings (SSSR count). The van der Waals surface area contributed by atoms with Crippen LogP contribution in [0, 0.1) is 0 Å². The number of hydrogen-bond acceptors (Lipinski definition) is 4. The molecule has 1 aliphatic rings. The van der Waals surface area contributed by atoms with E-state index >= 15 is 0 Å². The molecule has 1 saturated heterocycles. The quantitative estimate of drug-likeness (QED) is 0.864. The van der Waals surface area contributed by atoms with Crippen LogP contribution >= 0.6 is 0 Å². The average Bonchev–Trinajstić information content (AvgIpc) is 3.03. The first-order chi connectivity index (χ1) is 11.4. The van der Waals surface area contributed by atoms with E-state index in [0.717, 1.165) is 6.07 Å². The molecule has 1 unspecified atom stereocenters. The molecule has 1 aliphatic heterocycles. The van der Waals surface area contributed by atoms with Gasteiger partial charge in [0.25, 0.3) is 5.91 Å². The minimum atomic E-state index is -4.57. The molecule has 1 aromatic carbocycles. The van der Waals surface area contributed by atoms with Gasteiger partial charge in [0.05, 0.1) is 17.7 Å². The third kappa shape index (κ3) is 3.47. The lowest BCUT2D eigenvalue weighted by atomic mass is 10.1. The maximum atomic E-state index is 13.1. The maximum Gasteiger partial charge on any atom is 0.417 e. The molecule has 1 aromatic heterocycles. The van der Waals surface area contributed by atoms with Crippen molar-refractivity contribution in [2.45, 2.75) is 18.7 Å². The van der Waals surface area contributed by atoms with Gasteiger partial charge in [-0.05, 0) is 12.1 Å². The summed E-state index contributed by atoms with van der Waals surface area (Å²) < 4.78 is 44.8. The molecule has 1 fully saturated rings. The summed E-state index contributed by atoms with van der Waals surface area (Å²) in [5, 5.41) is 0. The van der Waals surface area contributed by atoms with Crippen molar-refractivity contribution >= 4 is 5.91 Å². The summed E-state index contributed by atoms with van der Waals surface area (Å²) in [4.78, 5) is 21.5. The van der Waals surface area contributed by atoms with E-state index in [4.69, 9.17) is 4.74 Å². The fourth-order valence-electron chi connectivity index (χ4n) is 2.62. The van der Waals surface area contributed by atoms with Gasteiger partial charge in [-0.3, -0.25) is 4.79 Å². The van der Waals surface area contributed by atoms with Crippen LogP contribution in [-0.4, -0.2) is 40.0 Å². The first kappa shape index (κ1) is 16.2. The molecule has 1 amide bonds. The van der Waals surface area contributed by atoms with E-state index < -0.39 is 17.6 Å². The monoisotopic (exact) mass is 337 g/mol. The molecule has 0 spiro atoms. The summed E-state index contributed by atoms with van der Waals surface area (Å²) in [6.45, 7) is 0.551. The second kappa shape index (κ2) is 6.46. The van der Waals surface area contributed by atoms with Gasteiger partial charge < -0.3 is 9.64 Å². The number of likely N-dealkylation sites (tertiary alicyclic amines) is 1. The number of halogens is 3. The first-order valence-corrected chi connectivity index (χ1v) is 7.33. The summed E-state index contributed by atoms with van der Waals surface area (Å²) in [5.41, 5.74) is -1.26. The molecule has 24 heavy (non-hydrogen) atoms. The van der Waals surface area contributed by atoms with Crippen LogP contribution in [0.1, 0.15) is 22.3 Å². The third-order valence-electron chi connectivity index (χ3n) is 3.74. The Labute approximate surface area is 136 Å². The van der Waals surface area contributed by atoms with Crippen molar-refractivity contribution in [1.29, 1.82) is 0 Å². The van der Waals surface area contributed by atoms with Gasteiger partial charge in [-0.2, -0.15) is 13.2 Å². The number of nitrogens with zero attached hydrogens (tertiary/aromatic N) is 3. The lowest BCUT2D eigenvalue weighted by molar-refractivity contribution is -0.138. The SMILES string of the molecule is O=C(c1ccccc1C(F)(F)F)N1CCC(Oc2ccncn2)C1. The normalized spacial score (nSPS) is 17.8. The van der Waals surface area contributed by atoms with Gasteiger partial charge in [-0.25, -0.2) is 9.97 Å². The Morgan fingerprint density at radius 1 is 1.25 bits per heavy atom. The van der Waals surface area contributed by atoms with Crippen LogP contribution in [0.4, 0.5) is 13.2 Å². The zero-order chi connectivity index (χ0) is 17.2. The van der Waals surface area contributed by atoms with Gasteiger partial charge >= 0.3 is 6.18 Å². The smallest absolute Gasteiger partial charge is 0.417 e. The number of hydrogen-bond donors (Lipinski definition) is 0. The zero-order valence-corrected chi connectivity index (χ0v) is 12.5. The predicted octanol–water partition coefficient (Wildman–Crippen LogP) is 2.79. The number of aromatic nitrogens is 2. The Balaban J connectivity index is 1.71. The fourth-order valence-corrected chi connectivity index (χ4v) is 2.62. The minimum absolute atomic E-state index is 0.217. The van der Waals surface area contributed by atoms with E-state index in [9.17, 15) is 18.0 Å². The number of benzene rings is 1. The van der Waals surface area contributed by atoms with Crippen LogP contribution in [0.3, 0.4) is 0 Å². The summed E-state index contributed by atoms with van der Waals surface area (Å²) in [6, 6.07) is 6.39. The van der Waals surface area contributed by atoms with Crippen molar-refractivity contribution in [3.8, 4) is 5.88 Å². The van der Waals surface area contributed by atoms with Gasteiger partial charge in [-0.15, -0.1) is 0 Å². The first-order valence-electron chi connectivity index (χ1n) is 7.33. The van der Waals surface area contributed by atoms with Gasteiger partial charge in [-0.1, -0.05) is 12.1 Å². The van der Waals surface area contributed by atoms with E-state index in [1.165, 1.54) is 35.6 Å². The van der Waals surface area contributed by atoms with Gasteiger partial charge in [0.15, 0.2) is 0 Å². The molecule has 5 nitrogen and oxygen atoms in total. The highest BCUT2D eigenvalue weighted by atomic mass is 19.4. The Kier molecular flexibility index (Phi) is 4.37. The summed E-state index contributed by atoms with van der Waals surface area (Å²) in [5.74, 6) is -0.267. The number of carbonyl (C=O) groups excluding carboxylic acids is 1. The zero-order valence-electron chi connectivity index (χ0n) is 12.5. The molecule has 0 radical (unpaired) electrons. The van der Waals surface area contributed by atoms with E-state index in [0.29, 0.717) is 18.8 Å². The van der Waals surface area contributed by atoms with Gasteiger partial charge in [0, 0.05) is 25.2 Å². The van der Waals surface area contributed by atoms with E-state index in [1.54, 1.807) is 6.07 Å². The topological polar surface area (TPSA) is 55.3 Å². The molecular formula is C16H14F3N3O2. The van der Waals surface area contributed by atoms with Gasteiger partial charge in [0.2, 0.25) is 5.88 Å². The van der Waals surface area contributed by atoms with Crippen molar-refractivity contribution in [2.75, 3.05) is 13.1 Å². The summed E-state index contributed by atoms with van der Waals surface area (Å²) in [7, 11) is 0. The summed E-state index contributed by atoms with van der Waals surface area (Å²) in [6.07, 6.45) is -1.47. The average molecular weight is 337 g/mol. The second-order valence-corrected chi connectivity index (χ2v) is 5.37. The molecule has 1 atom stereocenters. The third-order valence-corrected chi connectivity index (χ3v) is 3.74. The maximum absolute atomic E-state index is 13.1. The van der Waals surface area contributed by atoms with Crippen LogP contribution in [0.5, 0.6) is 5.88 Å². The fraction of sp³-hybridized carbons (Fsp3) is 0.312. The lowest BCUT2D eigenvalue weighted by Crippen LogP contribution is -2.32. The van der Waals surface area contributed by atoms with Crippen molar-refractivity contribution in [3.05, 3.63) is 54.0 Å². The van der Waals surface area contributed by atoms with Crippen molar-refractivity contribution < 1.29 is 22.7 Å².